The molecule has 152 valence electrons. The molecule has 0 atom stereocenters. The van der Waals surface area contributed by atoms with Crippen molar-refractivity contribution in [2.24, 2.45) is 0 Å². The predicted octanol–water partition coefficient (Wildman–Crippen LogP) is 5.69. The molecule has 1 aromatic heterocycles. The van der Waals surface area contributed by atoms with Gasteiger partial charge in [-0.2, -0.15) is 0 Å². The number of non-ortho nitro benzene ring substituents is 1. The number of rotatable bonds is 5. The number of anilines is 1. The van der Waals surface area contributed by atoms with E-state index in [-0.39, 0.29) is 10.8 Å². The predicted molar refractivity (Wildman–Crippen MR) is 121 cm³/mol. The lowest BCUT2D eigenvalue weighted by Gasteiger charge is -2.07. The average molecular weight is 462 g/mol. The Hall–Kier alpha value is -3.20. The third kappa shape index (κ3) is 5.44. The maximum Gasteiger partial charge on any atom is 0.271 e. The maximum absolute atomic E-state index is 12.1. The molecule has 2 aromatic carbocycles. The number of thiocarbonyl (C=S) groups is 1. The van der Waals surface area contributed by atoms with E-state index >= 15 is 0 Å². The van der Waals surface area contributed by atoms with Gasteiger partial charge >= 0.3 is 0 Å². The van der Waals surface area contributed by atoms with E-state index in [0.29, 0.717) is 32.8 Å². The van der Waals surface area contributed by atoms with Gasteiger partial charge in [0, 0.05) is 29.5 Å². The Morgan fingerprint density at radius 3 is 2.67 bits per heavy atom. The Labute approximate surface area is 186 Å². The second-order valence-corrected chi connectivity index (χ2v) is 7.08. The van der Waals surface area contributed by atoms with Crippen LogP contribution in [0.15, 0.2) is 65.1 Å². The molecule has 0 aliphatic carbocycles. The molecule has 3 rings (SSSR count). The largest absolute Gasteiger partial charge is 0.457 e. The monoisotopic (exact) mass is 461 g/mol. The van der Waals surface area contributed by atoms with Crippen LogP contribution in [0.25, 0.3) is 17.4 Å². The zero-order valence-electron chi connectivity index (χ0n) is 15.1. The van der Waals surface area contributed by atoms with Gasteiger partial charge < -0.3 is 9.73 Å². The summed E-state index contributed by atoms with van der Waals surface area (Å²) in [6.07, 6.45) is 2.71. The van der Waals surface area contributed by atoms with Gasteiger partial charge in [-0.1, -0.05) is 35.3 Å². The highest BCUT2D eigenvalue weighted by Gasteiger charge is 2.11. The van der Waals surface area contributed by atoms with Crippen LogP contribution in [0.4, 0.5) is 11.4 Å². The van der Waals surface area contributed by atoms with Crippen molar-refractivity contribution in [3.63, 3.8) is 0 Å². The van der Waals surface area contributed by atoms with Crippen LogP contribution in [0.1, 0.15) is 5.76 Å². The Bertz CT molecular complexity index is 1160. The fourth-order valence-corrected chi connectivity index (χ4v) is 3.06. The van der Waals surface area contributed by atoms with Crippen molar-refractivity contribution in [1.82, 2.24) is 5.32 Å². The normalized spacial score (nSPS) is 10.7. The molecule has 7 nitrogen and oxygen atoms in total. The summed E-state index contributed by atoms with van der Waals surface area (Å²) in [7, 11) is 0. The lowest BCUT2D eigenvalue weighted by atomic mass is 10.2. The van der Waals surface area contributed by atoms with Crippen molar-refractivity contribution in [3.8, 4) is 11.3 Å². The molecule has 2 N–H and O–H groups in total. The minimum Gasteiger partial charge on any atom is -0.457 e. The Balaban J connectivity index is 1.60. The van der Waals surface area contributed by atoms with Gasteiger partial charge in [0.1, 0.15) is 11.5 Å². The number of halogens is 2. The van der Waals surface area contributed by atoms with Gasteiger partial charge in [0.25, 0.3) is 5.69 Å². The molecular formula is C20H13Cl2N3O4S. The van der Waals surface area contributed by atoms with E-state index < -0.39 is 10.8 Å². The average Bonchev–Trinajstić information content (AvgIpc) is 3.17. The molecule has 0 aliphatic heterocycles. The van der Waals surface area contributed by atoms with Crippen LogP contribution < -0.4 is 10.6 Å². The smallest absolute Gasteiger partial charge is 0.271 e. The van der Waals surface area contributed by atoms with Crippen molar-refractivity contribution < 1.29 is 14.1 Å². The van der Waals surface area contributed by atoms with E-state index in [1.54, 1.807) is 36.4 Å². The fourth-order valence-electron chi connectivity index (χ4n) is 2.45. The highest BCUT2D eigenvalue weighted by Crippen LogP contribution is 2.34. The van der Waals surface area contributed by atoms with Crippen LogP contribution in [0.2, 0.25) is 10.0 Å². The first-order chi connectivity index (χ1) is 14.3. The number of nitrogens with one attached hydrogen (secondary N) is 2. The van der Waals surface area contributed by atoms with E-state index in [0.717, 1.165) is 0 Å². The third-order valence-corrected chi connectivity index (χ3v) is 4.82. The number of furan rings is 1. The number of nitro benzene ring substituents is 1. The summed E-state index contributed by atoms with van der Waals surface area (Å²) in [5.41, 5.74) is 0.922. The summed E-state index contributed by atoms with van der Waals surface area (Å²) in [6.45, 7) is 0. The highest BCUT2D eigenvalue weighted by molar-refractivity contribution is 7.80. The van der Waals surface area contributed by atoms with E-state index in [4.69, 9.17) is 39.8 Å². The van der Waals surface area contributed by atoms with Crippen molar-refractivity contribution >= 4 is 63.9 Å². The first-order valence-electron chi connectivity index (χ1n) is 8.42. The van der Waals surface area contributed by atoms with E-state index in [1.807, 2.05) is 0 Å². The minimum atomic E-state index is -0.524. The Morgan fingerprint density at radius 2 is 1.90 bits per heavy atom. The standard InChI is InChI=1S/C20H13Cl2N3O4S/c21-16-6-2-5-15(19(16)22)17-9-7-14(29-17)8-10-18(26)24-20(30)23-12-3-1-4-13(11-12)25(27)28/h1-11H,(H2,23,24,26,30). The topological polar surface area (TPSA) is 97.4 Å². The van der Waals surface area contributed by atoms with Crippen molar-refractivity contribution in [3.05, 3.63) is 86.6 Å². The van der Waals surface area contributed by atoms with Gasteiger partial charge in [-0.05, 0) is 48.6 Å². The third-order valence-electron chi connectivity index (χ3n) is 3.79. The summed E-state index contributed by atoms with van der Waals surface area (Å²) >= 11 is 17.2. The lowest BCUT2D eigenvalue weighted by molar-refractivity contribution is -0.384. The molecule has 1 amide bonds. The Morgan fingerprint density at radius 1 is 1.13 bits per heavy atom. The summed E-state index contributed by atoms with van der Waals surface area (Å²) in [4.78, 5) is 22.3. The van der Waals surface area contributed by atoms with Crippen molar-refractivity contribution in [1.29, 1.82) is 0 Å². The van der Waals surface area contributed by atoms with Crippen molar-refractivity contribution in [2.75, 3.05) is 5.32 Å². The van der Waals surface area contributed by atoms with Crippen LogP contribution in [0, 0.1) is 10.1 Å². The summed E-state index contributed by atoms with van der Waals surface area (Å²) in [5.74, 6) is 0.427. The number of hydrogen-bond donors (Lipinski definition) is 2. The van der Waals surface area contributed by atoms with E-state index in [2.05, 4.69) is 10.6 Å². The first kappa shape index (κ1) is 21.5. The molecule has 0 radical (unpaired) electrons. The minimum absolute atomic E-state index is 0.00371. The molecule has 0 saturated carbocycles. The molecular weight excluding hydrogens is 449 g/mol. The number of hydrogen-bond acceptors (Lipinski definition) is 5. The Kier molecular flexibility index (Phi) is 6.83. The van der Waals surface area contributed by atoms with Gasteiger partial charge in [-0.3, -0.25) is 20.2 Å². The number of benzene rings is 2. The molecule has 30 heavy (non-hydrogen) atoms. The summed E-state index contributed by atoms with van der Waals surface area (Å²) in [6, 6.07) is 14.3. The molecule has 0 fully saturated rings. The van der Waals surface area contributed by atoms with Crippen LogP contribution in [-0.2, 0) is 4.79 Å². The molecule has 10 heteroatoms. The van der Waals surface area contributed by atoms with Gasteiger partial charge in [-0.15, -0.1) is 0 Å². The second kappa shape index (κ2) is 9.53. The molecule has 3 aromatic rings. The highest BCUT2D eigenvalue weighted by atomic mass is 35.5. The quantitative estimate of drug-likeness (QED) is 0.219. The number of nitro groups is 1. The number of carbonyl (C=O) groups is 1. The summed E-state index contributed by atoms with van der Waals surface area (Å²) in [5, 5.41) is 16.7. The van der Waals surface area contributed by atoms with Gasteiger partial charge in [0.2, 0.25) is 5.91 Å². The van der Waals surface area contributed by atoms with E-state index in [9.17, 15) is 14.9 Å². The van der Waals surface area contributed by atoms with E-state index in [1.165, 1.54) is 30.4 Å². The maximum atomic E-state index is 12.1. The molecule has 0 bridgehead atoms. The SMILES string of the molecule is O=C(C=Cc1ccc(-c2cccc(Cl)c2Cl)o1)NC(=S)Nc1cccc([N+](=O)[O-])c1. The lowest BCUT2D eigenvalue weighted by Crippen LogP contribution is -2.32. The van der Waals surface area contributed by atoms with Gasteiger partial charge in [-0.25, -0.2) is 0 Å². The first-order valence-corrected chi connectivity index (χ1v) is 9.58. The van der Waals surface area contributed by atoms with Crippen LogP contribution >= 0.6 is 35.4 Å². The van der Waals surface area contributed by atoms with Crippen LogP contribution in [0.3, 0.4) is 0 Å². The van der Waals surface area contributed by atoms with Crippen molar-refractivity contribution in [2.45, 2.75) is 0 Å². The number of amides is 1. The summed E-state index contributed by atoms with van der Waals surface area (Å²) < 4.78 is 5.67. The molecule has 0 unspecified atom stereocenters. The molecule has 0 spiro atoms. The number of nitrogens with zero attached hydrogens (tertiary/aromatic N) is 1. The molecule has 0 saturated heterocycles. The van der Waals surface area contributed by atoms with Gasteiger partial charge in [0.05, 0.1) is 15.0 Å². The second-order valence-electron chi connectivity index (χ2n) is 5.89. The zero-order chi connectivity index (χ0) is 21.7. The molecule has 1 heterocycles. The van der Waals surface area contributed by atoms with Crippen LogP contribution in [-0.4, -0.2) is 15.9 Å². The van der Waals surface area contributed by atoms with Gasteiger partial charge in [0.15, 0.2) is 5.11 Å². The number of carbonyl (C=O) groups excluding carboxylic acids is 1. The zero-order valence-corrected chi connectivity index (χ0v) is 17.4. The van der Waals surface area contributed by atoms with Crippen LogP contribution in [0.5, 0.6) is 0 Å². The molecule has 0 aliphatic rings. The fraction of sp³-hybridized carbons (Fsp3) is 0.